The summed E-state index contributed by atoms with van der Waals surface area (Å²) in [7, 11) is 0. The molecule has 0 radical (unpaired) electrons. The smallest absolute Gasteiger partial charge is 0.338 e. The summed E-state index contributed by atoms with van der Waals surface area (Å²) in [5, 5.41) is 25.8. The molecule has 1 fully saturated rings. The van der Waals surface area contributed by atoms with E-state index in [1.54, 1.807) is 25.7 Å². The minimum absolute atomic E-state index is 0. The predicted molar refractivity (Wildman–Crippen MR) is 108 cm³/mol. The van der Waals surface area contributed by atoms with Crippen molar-refractivity contribution in [2.45, 2.75) is 45.0 Å². The number of carbonyl (C=O) groups excluding carboxylic acids is 1. The van der Waals surface area contributed by atoms with Crippen LogP contribution in [0.4, 0.5) is 9.18 Å². The number of amides is 2. The summed E-state index contributed by atoms with van der Waals surface area (Å²) in [4.78, 5) is 25.1. The summed E-state index contributed by atoms with van der Waals surface area (Å²) in [6.45, 7) is 8.21. The molecule has 2 unspecified atom stereocenters. The Hall–Kier alpha value is -1.94. The van der Waals surface area contributed by atoms with Crippen molar-refractivity contribution in [1.82, 2.24) is 15.5 Å². The van der Waals surface area contributed by atoms with Crippen molar-refractivity contribution in [3.8, 4) is 0 Å². The largest absolute Gasteiger partial charge is 0.478 e. The molecule has 0 aromatic heterocycles. The van der Waals surface area contributed by atoms with Gasteiger partial charge in [0.15, 0.2) is 0 Å². The number of nitrogens with zero attached hydrogens (tertiary/aromatic N) is 1. The van der Waals surface area contributed by atoms with E-state index in [0.717, 1.165) is 0 Å². The van der Waals surface area contributed by atoms with E-state index in [1.807, 2.05) is 0 Å². The number of nitrogens with one attached hydrogen (secondary N) is 2. The molecule has 29 heavy (non-hydrogen) atoms. The molecule has 0 bridgehead atoms. The molecule has 1 saturated heterocycles. The minimum atomic E-state index is -1.66. The van der Waals surface area contributed by atoms with Gasteiger partial charge >= 0.3 is 12.0 Å². The number of aromatic carboxylic acids is 1. The number of morpholine rings is 1. The molecule has 0 saturated carbocycles. The van der Waals surface area contributed by atoms with Crippen LogP contribution < -0.4 is 10.6 Å². The van der Waals surface area contributed by atoms with E-state index < -0.39 is 34.7 Å². The van der Waals surface area contributed by atoms with Gasteiger partial charge in [0.25, 0.3) is 0 Å². The van der Waals surface area contributed by atoms with Gasteiger partial charge in [-0.3, -0.25) is 5.32 Å². The monoisotopic (exact) mass is 433 g/mol. The molecule has 0 spiro atoms. The lowest BCUT2D eigenvalue weighted by Gasteiger charge is -2.43. The lowest BCUT2D eigenvalue weighted by Crippen LogP contribution is -2.63. The number of hydrogen-bond acceptors (Lipinski definition) is 5. The van der Waals surface area contributed by atoms with Crippen LogP contribution >= 0.6 is 12.4 Å². The summed E-state index contributed by atoms with van der Waals surface area (Å²) in [6, 6.07) is 3.75. The van der Waals surface area contributed by atoms with Gasteiger partial charge in [0, 0.05) is 18.5 Å². The molecule has 1 aliphatic rings. The van der Waals surface area contributed by atoms with Gasteiger partial charge in [0.1, 0.15) is 11.5 Å². The average Bonchev–Trinajstić information content (AvgIpc) is 2.61. The second-order valence-electron chi connectivity index (χ2n) is 7.58. The van der Waals surface area contributed by atoms with Crippen LogP contribution in [0.15, 0.2) is 18.2 Å². The van der Waals surface area contributed by atoms with Crippen molar-refractivity contribution in [1.29, 1.82) is 0 Å². The molecule has 4 N–H and O–H groups in total. The van der Waals surface area contributed by atoms with Crippen LogP contribution in [0.5, 0.6) is 0 Å². The summed E-state index contributed by atoms with van der Waals surface area (Å²) in [5.41, 5.74) is -3.28. The highest BCUT2D eigenvalue weighted by molar-refractivity contribution is 5.88. The number of benzene rings is 1. The van der Waals surface area contributed by atoms with Gasteiger partial charge in [-0.2, -0.15) is 0 Å². The predicted octanol–water partition coefficient (Wildman–Crippen LogP) is 1.91. The van der Waals surface area contributed by atoms with Gasteiger partial charge in [0.2, 0.25) is 0 Å². The van der Waals surface area contributed by atoms with Crippen molar-refractivity contribution in [3.05, 3.63) is 35.1 Å². The summed E-state index contributed by atoms with van der Waals surface area (Å²) in [6.07, 6.45) is -0.629. The van der Waals surface area contributed by atoms with Crippen molar-refractivity contribution in [2.24, 2.45) is 0 Å². The number of carboxylic acids is 1. The molecule has 2 amide bonds. The van der Waals surface area contributed by atoms with E-state index in [4.69, 9.17) is 9.84 Å². The van der Waals surface area contributed by atoms with Gasteiger partial charge in [0.05, 0.1) is 24.9 Å². The number of aliphatic hydroxyl groups is 1. The van der Waals surface area contributed by atoms with Crippen LogP contribution in [0, 0.1) is 5.82 Å². The number of carboxylic acid groups (broad SMARTS) is 1. The van der Waals surface area contributed by atoms with Crippen LogP contribution in [0.3, 0.4) is 0 Å². The first-order chi connectivity index (χ1) is 13.0. The highest BCUT2D eigenvalue weighted by Crippen LogP contribution is 2.36. The fourth-order valence-corrected chi connectivity index (χ4v) is 3.12. The Bertz CT molecular complexity index is 739. The van der Waals surface area contributed by atoms with Crippen molar-refractivity contribution in [3.63, 3.8) is 0 Å². The molecule has 2 rings (SSSR count). The number of rotatable bonds is 6. The third-order valence-corrected chi connectivity index (χ3v) is 5.26. The Balaban J connectivity index is 0.00000420. The highest BCUT2D eigenvalue weighted by atomic mass is 35.5. The minimum Gasteiger partial charge on any atom is -0.478 e. The van der Waals surface area contributed by atoms with Gasteiger partial charge < -0.3 is 25.2 Å². The topological polar surface area (TPSA) is 111 Å². The molecule has 1 aromatic rings. The lowest BCUT2D eigenvalue weighted by molar-refractivity contribution is -0.0514. The molecular weight excluding hydrogens is 405 g/mol. The Morgan fingerprint density at radius 1 is 1.24 bits per heavy atom. The van der Waals surface area contributed by atoms with E-state index in [-0.39, 0.29) is 24.0 Å². The quantitative estimate of drug-likeness (QED) is 0.510. The van der Waals surface area contributed by atoms with E-state index >= 15 is 0 Å². The first-order valence-electron chi connectivity index (χ1n) is 9.13. The Morgan fingerprint density at radius 2 is 1.83 bits per heavy atom. The molecule has 1 aliphatic heterocycles. The van der Waals surface area contributed by atoms with E-state index in [0.29, 0.717) is 26.3 Å². The molecule has 1 aromatic carbocycles. The molecule has 0 aliphatic carbocycles. The Morgan fingerprint density at radius 3 is 2.38 bits per heavy atom. The molecule has 10 heteroatoms. The molecular formula is C19H29ClFN3O5. The third kappa shape index (κ3) is 5.57. The molecule has 1 heterocycles. The van der Waals surface area contributed by atoms with Gasteiger partial charge in [-0.25, -0.2) is 14.0 Å². The fraction of sp³-hybridized carbons (Fsp3) is 0.579. The zero-order valence-corrected chi connectivity index (χ0v) is 17.8. The van der Waals surface area contributed by atoms with Crippen LogP contribution in [0.1, 0.15) is 43.6 Å². The lowest BCUT2D eigenvalue weighted by atomic mass is 9.74. The van der Waals surface area contributed by atoms with Crippen molar-refractivity contribution >= 4 is 24.4 Å². The van der Waals surface area contributed by atoms with Crippen LogP contribution in [-0.2, 0) is 10.2 Å². The number of ether oxygens (including phenoxy) is 1. The summed E-state index contributed by atoms with van der Waals surface area (Å²) in [5.74, 6) is -2.28. The second-order valence-corrected chi connectivity index (χ2v) is 7.58. The first-order valence-corrected chi connectivity index (χ1v) is 9.13. The maximum atomic E-state index is 14.7. The van der Waals surface area contributed by atoms with Crippen LogP contribution in [-0.4, -0.2) is 65.3 Å². The van der Waals surface area contributed by atoms with E-state index in [9.17, 15) is 19.1 Å². The first kappa shape index (κ1) is 25.1. The SMILES string of the molecule is CC(NC(=O)N1CCOCC1)NC(C)(O)C(C)(C)c1cccc(C(=O)O)c1F.Cl. The average molecular weight is 434 g/mol. The molecule has 2 atom stereocenters. The normalized spacial score (nSPS) is 17.7. The zero-order chi connectivity index (χ0) is 21.1. The Labute approximate surface area is 175 Å². The standard InChI is InChI=1S/C19H28FN3O5.ClH/c1-12(21-17(26)23-8-10-28-11-9-23)22-19(4,27)18(2,3)14-7-5-6-13(15(14)20)16(24)25;/h5-7,12,22,27H,8-11H2,1-4H3,(H,21,26)(H,24,25);1H. The summed E-state index contributed by atoms with van der Waals surface area (Å²) >= 11 is 0. The van der Waals surface area contributed by atoms with E-state index in [2.05, 4.69) is 10.6 Å². The van der Waals surface area contributed by atoms with Gasteiger partial charge in [-0.15, -0.1) is 12.4 Å². The van der Waals surface area contributed by atoms with E-state index in [1.165, 1.54) is 25.1 Å². The van der Waals surface area contributed by atoms with Crippen molar-refractivity contribution < 1.29 is 28.9 Å². The molecule has 164 valence electrons. The number of hydrogen-bond donors (Lipinski definition) is 4. The Kier molecular flexibility index (Phi) is 8.40. The highest BCUT2D eigenvalue weighted by Gasteiger charge is 2.44. The number of urea groups is 1. The van der Waals surface area contributed by atoms with Crippen molar-refractivity contribution in [2.75, 3.05) is 26.3 Å². The third-order valence-electron chi connectivity index (χ3n) is 5.26. The zero-order valence-electron chi connectivity index (χ0n) is 17.0. The van der Waals surface area contributed by atoms with Crippen LogP contribution in [0.25, 0.3) is 0 Å². The maximum Gasteiger partial charge on any atom is 0.338 e. The van der Waals surface area contributed by atoms with Gasteiger partial charge in [-0.1, -0.05) is 26.0 Å². The number of carbonyl (C=O) groups is 2. The number of halogens is 2. The maximum absolute atomic E-state index is 14.7. The van der Waals surface area contributed by atoms with Crippen LogP contribution in [0.2, 0.25) is 0 Å². The van der Waals surface area contributed by atoms with Gasteiger partial charge in [-0.05, 0) is 25.5 Å². The molecule has 8 nitrogen and oxygen atoms in total. The summed E-state index contributed by atoms with van der Waals surface area (Å²) < 4.78 is 19.9. The second kappa shape index (κ2) is 9.71. The fourth-order valence-electron chi connectivity index (χ4n) is 3.12.